The first-order valence-electron chi connectivity index (χ1n) is 11.2. The Morgan fingerprint density at radius 3 is 2.00 bits per heavy atom. The molecule has 0 aliphatic carbocycles. The van der Waals surface area contributed by atoms with E-state index < -0.39 is 23.3 Å². The smallest absolute Gasteiger partial charge is 0.308 e. The lowest BCUT2D eigenvalue weighted by Gasteiger charge is -2.16. The van der Waals surface area contributed by atoms with Crippen LogP contribution in [0.4, 0.5) is 0 Å². The molecule has 0 radical (unpaired) electrons. The van der Waals surface area contributed by atoms with E-state index in [0.717, 1.165) is 12.5 Å². The second kappa shape index (κ2) is 10.8. The molecule has 0 aliphatic rings. The summed E-state index contributed by atoms with van der Waals surface area (Å²) in [7, 11) is 0. The van der Waals surface area contributed by atoms with Gasteiger partial charge in [0, 0.05) is 38.5 Å². The van der Waals surface area contributed by atoms with Crippen LogP contribution >= 0.6 is 0 Å². The van der Waals surface area contributed by atoms with Gasteiger partial charge in [-0.2, -0.15) is 0 Å². The van der Waals surface area contributed by atoms with Gasteiger partial charge in [-0.15, -0.1) is 0 Å². The van der Waals surface area contributed by atoms with Gasteiger partial charge in [0.1, 0.15) is 29.1 Å². The Bertz CT molecular complexity index is 1530. The number of rotatable bonds is 7. The standard InChI is InChI=1S/C28H22O9/c1-16(29)34-21-11-9-20(10-12-21)23-13-22(32)26-24(37-23)14-25(33-15-19-7-5-4-6-8-19)27(35-17(2)30)28(26)36-18(3)31/h4-14H,15H2,1-3H3. The Kier molecular flexibility index (Phi) is 7.34. The molecular formula is C28H22O9. The summed E-state index contributed by atoms with van der Waals surface area (Å²) in [6.07, 6.45) is 0. The molecule has 0 atom stereocenters. The molecule has 0 saturated heterocycles. The Labute approximate surface area is 211 Å². The fraction of sp³-hybridized carbons (Fsp3) is 0.143. The van der Waals surface area contributed by atoms with Gasteiger partial charge in [-0.25, -0.2) is 0 Å². The van der Waals surface area contributed by atoms with Crippen molar-refractivity contribution >= 4 is 28.9 Å². The molecular weight excluding hydrogens is 480 g/mol. The predicted octanol–water partition coefficient (Wildman–Crippen LogP) is 4.81. The van der Waals surface area contributed by atoms with E-state index in [9.17, 15) is 19.2 Å². The van der Waals surface area contributed by atoms with E-state index in [1.807, 2.05) is 30.3 Å². The molecule has 0 saturated carbocycles. The molecule has 0 N–H and O–H groups in total. The van der Waals surface area contributed by atoms with Gasteiger partial charge in [-0.3, -0.25) is 19.2 Å². The molecule has 0 aliphatic heterocycles. The third-order valence-electron chi connectivity index (χ3n) is 5.02. The first-order valence-corrected chi connectivity index (χ1v) is 11.2. The van der Waals surface area contributed by atoms with Crippen LogP contribution in [0.5, 0.6) is 23.0 Å². The zero-order valence-corrected chi connectivity index (χ0v) is 20.2. The lowest BCUT2D eigenvalue weighted by Crippen LogP contribution is -2.12. The maximum atomic E-state index is 13.2. The van der Waals surface area contributed by atoms with Crippen molar-refractivity contribution in [1.29, 1.82) is 0 Å². The van der Waals surface area contributed by atoms with Gasteiger partial charge in [-0.05, 0) is 29.8 Å². The first-order chi connectivity index (χ1) is 17.7. The normalized spacial score (nSPS) is 10.6. The van der Waals surface area contributed by atoms with E-state index in [2.05, 4.69) is 0 Å². The number of carbonyl (C=O) groups is 3. The van der Waals surface area contributed by atoms with Crippen molar-refractivity contribution in [3.8, 4) is 34.3 Å². The summed E-state index contributed by atoms with van der Waals surface area (Å²) >= 11 is 0. The van der Waals surface area contributed by atoms with Crippen LogP contribution in [0.15, 0.2) is 75.9 Å². The van der Waals surface area contributed by atoms with Crippen molar-refractivity contribution in [2.45, 2.75) is 27.4 Å². The van der Waals surface area contributed by atoms with E-state index in [1.165, 1.54) is 26.0 Å². The topological polar surface area (TPSA) is 118 Å². The van der Waals surface area contributed by atoms with Gasteiger partial charge in [0.05, 0.1) is 0 Å². The van der Waals surface area contributed by atoms with Gasteiger partial charge in [0.25, 0.3) is 0 Å². The Morgan fingerprint density at radius 2 is 1.38 bits per heavy atom. The molecule has 0 bridgehead atoms. The lowest BCUT2D eigenvalue weighted by atomic mass is 10.1. The summed E-state index contributed by atoms with van der Waals surface area (Å²) in [5.74, 6) is -1.83. The number of esters is 3. The minimum Gasteiger partial charge on any atom is -0.485 e. The van der Waals surface area contributed by atoms with Crippen LogP contribution in [0.3, 0.4) is 0 Å². The SMILES string of the molecule is CC(=O)Oc1ccc(-c2cc(=O)c3c(OC(C)=O)c(OC(C)=O)c(OCc4ccccc4)cc3o2)cc1. The first kappa shape index (κ1) is 25.2. The number of ether oxygens (including phenoxy) is 4. The molecule has 3 aromatic carbocycles. The Balaban J connectivity index is 1.87. The van der Waals surface area contributed by atoms with Gasteiger partial charge in [-0.1, -0.05) is 30.3 Å². The van der Waals surface area contributed by atoms with Gasteiger partial charge in [0.2, 0.25) is 5.75 Å². The summed E-state index contributed by atoms with van der Waals surface area (Å²) in [4.78, 5) is 48.2. The minimum absolute atomic E-state index is 0.0355. The predicted molar refractivity (Wildman–Crippen MR) is 133 cm³/mol. The molecule has 37 heavy (non-hydrogen) atoms. The fourth-order valence-electron chi connectivity index (χ4n) is 3.57. The fourth-order valence-corrected chi connectivity index (χ4v) is 3.57. The Morgan fingerprint density at radius 1 is 0.757 bits per heavy atom. The minimum atomic E-state index is -0.737. The van der Waals surface area contributed by atoms with Crippen molar-refractivity contribution in [1.82, 2.24) is 0 Å². The zero-order valence-electron chi connectivity index (χ0n) is 20.2. The quantitative estimate of drug-likeness (QED) is 0.259. The second-order valence-electron chi connectivity index (χ2n) is 7.96. The molecule has 9 heteroatoms. The number of hydrogen-bond donors (Lipinski definition) is 0. The summed E-state index contributed by atoms with van der Waals surface area (Å²) < 4.78 is 27.6. The number of fused-ring (bicyclic) bond motifs is 1. The maximum absolute atomic E-state index is 13.2. The monoisotopic (exact) mass is 502 g/mol. The molecule has 0 fully saturated rings. The largest absolute Gasteiger partial charge is 0.485 e. The van der Waals surface area contributed by atoms with Crippen molar-refractivity contribution in [2.24, 2.45) is 0 Å². The lowest BCUT2D eigenvalue weighted by molar-refractivity contribution is -0.134. The highest BCUT2D eigenvalue weighted by molar-refractivity contribution is 5.93. The number of carbonyl (C=O) groups excluding carboxylic acids is 3. The highest BCUT2D eigenvalue weighted by atomic mass is 16.6. The average Bonchev–Trinajstić information content (AvgIpc) is 2.84. The summed E-state index contributed by atoms with van der Waals surface area (Å²) in [5.41, 5.74) is 0.856. The van der Waals surface area contributed by atoms with Crippen LogP contribution in [0, 0.1) is 0 Å². The molecule has 4 aromatic rings. The van der Waals surface area contributed by atoms with Crippen LogP contribution < -0.4 is 24.4 Å². The zero-order chi connectivity index (χ0) is 26.5. The second-order valence-corrected chi connectivity index (χ2v) is 7.96. The highest BCUT2D eigenvalue weighted by Gasteiger charge is 2.25. The third kappa shape index (κ3) is 6.02. The molecule has 1 heterocycles. The van der Waals surface area contributed by atoms with E-state index in [4.69, 9.17) is 23.4 Å². The van der Waals surface area contributed by atoms with Crippen LogP contribution in [-0.4, -0.2) is 17.9 Å². The molecule has 4 rings (SSSR count). The summed E-state index contributed by atoms with van der Waals surface area (Å²) in [6, 6.07) is 18.2. The van der Waals surface area contributed by atoms with Gasteiger partial charge in [0.15, 0.2) is 16.9 Å². The van der Waals surface area contributed by atoms with E-state index in [-0.39, 0.29) is 40.6 Å². The van der Waals surface area contributed by atoms with Crippen molar-refractivity contribution in [3.05, 3.63) is 82.5 Å². The van der Waals surface area contributed by atoms with Gasteiger partial charge < -0.3 is 23.4 Å². The summed E-state index contributed by atoms with van der Waals surface area (Å²) in [5, 5.41) is -0.0983. The molecule has 188 valence electrons. The van der Waals surface area contributed by atoms with Crippen molar-refractivity contribution in [3.63, 3.8) is 0 Å². The Hall–Kier alpha value is -4.92. The van der Waals surface area contributed by atoms with Crippen LogP contribution in [-0.2, 0) is 21.0 Å². The van der Waals surface area contributed by atoms with Crippen LogP contribution in [0.1, 0.15) is 26.3 Å². The summed E-state index contributed by atoms with van der Waals surface area (Å²) in [6.45, 7) is 3.72. The van der Waals surface area contributed by atoms with E-state index in [1.54, 1.807) is 24.3 Å². The van der Waals surface area contributed by atoms with Crippen LogP contribution in [0.2, 0.25) is 0 Å². The molecule has 0 spiro atoms. The van der Waals surface area contributed by atoms with Crippen LogP contribution in [0.25, 0.3) is 22.3 Å². The highest BCUT2D eigenvalue weighted by Crippen LogP contribution is 2.44. The number of hydrogen-bond acceptors (Lipinski definition) is 9. The third-order valence-corrected chi connectivity index (χ3v) is 5.02. The van der Waals surface area contributed by atoms with E-state index >= 15 is 0 Å². The van der Waals surface area contributed by atoms with E-state index in [0.29, 0.717) is 11.3 Å². The van der Waals surface area contributed by atoms with Crippen molar-refractivity contribution in [2.75, 3.05) is 0 Å². The van der Waals surface area contributed by atoms with Gasteiger partial charge >= 0.3 is 17.9 Å². The molecule has 9 nitrogen and oxygen atoms in total. The molecule has 1 aromatic heterocycles. The van der Waals surface area contributed by atoms with Crippen molar-refractivity contribution < 1.29 is 37.7 Å². The number of benzene rings is 3. The average molecular weight is 502 g/mol. The molecule has 0 amide bonds. The molecule has 0 unspecified atom stereocenters. The maximum Gasteiger partial charge on any atom is 0.308 e.